The van der Waals surface area contributed by atoms with E-state index in [4.69, 9.17) is 4.74 Å². The first-order chi connectivity index (χ1) is 9.95. The minimum atomic E-state index is -0.888. The Morgan fingerprint density at radius 3 is 2.29 bits per heavy atom. The molecule has 0 heterocycles. The highest BCUT2D eigenvalue weighted by Gasteiger charge is 2.15. The molecule has 2 rings (SSSR count). The molecule has 1 unspecified atom stereocenters. The van der Waals surface area contributed by atoms with E-state index in [0.717, 1.165) is 6.07 Å². The zero-order valence-corrected chi connectivity index (χ0v) is 12.0. The van der Waals surface area contributed by atoms with Gasteiger partial charge in [-0.3, -0.25) is 0 Å². The van der Waals surface area contributed by atoms with Crippen LogP contribution in [0.2, 0.25) is 0 Å². The van der Waals surface area contributed by atoms with Gasteiger partial charge < -0.3 is 9.84 Å². The van der Waals surface area contributed by atoms with Crippen LogP contribution in [0.5, 0.6) is 5.75 Å². The molecule has 21 heavy (non-hydrogen) atoms. The van der Waals surface area contributed by atoms with Crippen molar-refractivity contribution in [3.05, 3.63) is 65.2 Å². The Morgan fingerprint density at radius 1 is 1.05 bits per heavy atom. The van der Waals surface area contributed by atoms with Gasteiger partial charge in [-0.05, 0) is 37.6 Å². The molecule has 4 heteroatoms. The second-order valence-electron chi connectivity index (χ2n) is 5.20. The molecule has 0 aliphatic heterocycles. The van der Waals surface area contributed by atoms with E-state index in [9.17, 15) is 13.9 Å². The number of hydrogen-bond donors (Lipinski definition) is 1. The van der Waals surface area contributed by atoms with E-state index < -0.39 is 17.7 Å². The van der Waals surface area contributed by atoms with Gasteiger partial charge in [-0.25, -0.2) is 8.78 Å². The summed E-state index contributed by atoms with van der Waals surface area (Å²) >= 11 is 0. The first-order valence-corrected chi connectivity index (χ1v) is 6.84. The summed E-state index contributed by atoms with van der Waals surface area (Å²) in [5.41, 5.74) is 1.01. The number of benzene rings is 2. The third-order valence-electron chi connectivity index (χ3n) is 2.99. The predicted molar refractivity (Wildman–Crippen MR) is 77.2 cm³/mol. The molecular formula is C17H18F2O2. The van der Waals surface area contributed by atoms with Crippen LogP contribution in [0.3, 0.4) is 0 Å². The van der Waals surface area contributed by atoms with Crippen molar-refractivity contribution >= 4 is 0 Å². The fourth-order valence-corrected chi connectivity index (χ4v) is 2.18. The Hall–Kier alpha value is -1.94. The minimum Gasteiger partial charge on any atom is -0.491 e. The van der Waals surface area contributed by atoms with Crippen LogP contribution in [0.4, 0.5) is 8.78 Å². The van der Waals surface area contributed by atoms with E-state index in [1.54, 1.807) is 18.2 Å². The second-order valence-corrected chi connectivity index (χ2v) is 5.20. The summed E-state index contributed by atoms with van der Waals surface area (Å²) in [6.45, 7) is 3.79. The summed E-state index contributed by atoms with van der Waals surface area (Å²) in [4.78, 5) is 0. The van der Waals surface area contributed by atoms with E-state index in [1.165, 1.54) is 12.1 Å². The number of aliphatic hydroxyl groups excluding tert-OH is 1. The lowest BCUT2D eigenvalue weighted by molar-refractivity contribution is 0.166. The van der Waals surface area contributed by atoms with E-state index in [0.29, 0.717) is 16.9 Å². The van der Waals surface area contributed by atoms with Gasteiger partial charge in [0.25, 0.3) is 0 Å². The maximum atomic E-state index is 13.2. The topological polar surface area (TPSA) is 29.5 Å². The van der Waals surface area contributed by atoms with Gasteiger partial charge in [0.2, 0.25) is 0 Å². The van der Waals surface area contributed by atoms with Crippen molar-refractivity contribution in [1.82, 2.24) is 0 Å². The SMILES string of the molecule is CC(C)Oc1ccccc1C(O)Cc1cc(F)cc(F)c1. The summed E-state index contributed by atoms with van der Waals surface area (Å²) < 4.78 is 32.0. The Kier molecular flexibility index (Phi) is 4.91. The molecule has 2 aromatic carbocycles. The Balaban J connectivity index is 2.22. The standard InChI is InChI=1S/C17H18F2O2/c1-11(2)21-17-6-4-3-5-15(17)16(20)9-12-7-13(18)10-14(19)8-12/h3-8,10-11,16,20H,9H2,1-2H3. The maximum Gasteiger partial charge on any atom is 0.126 e. The van der Waals surface area contributed by atoms with Crippen molar-refractivity contribution in [1.29, 1.82) is 0 Å². The Morgan fingerprint density at radius 2 is 1.67 bits per heavy atom. The summed E-state index contributed by atoms with van der Waals surface area (Å²) in [7, 11) is 0. The predicted octanol–water partition coefficient (Wildman–Crippen LogP) is 4.03. The van der Waals surface area contributed by atoms with Gasteiger partial charge in [0.15, 0.2) is 0 Å². The number of para-hydroxylation sites is 1. The van der Waals surface area contributed by atoms with Gasteiger partial charge in [0.1, 0.15) is 17.4 Å². The third kappa shape index (κ3) is 4.26. The quantitative estimate of drug-likeness (QED) is 0.901. The third-order valence-corrected chi connectivity index (χ3v) is 2.99. The molecule has 2 nitrogen and oxygen atoms in total. The van der Waals surface area contributed by atoms with Gasteiger partial charge in [-0.2, -0.15) is 0 Å². The molecule has 2 aromatic rings. The van der Waals surface area contributed by atoms with Crippen LogP contribution >= 0.6 is 0 Å². The molecule has 0 radical (unpaired) electrons. The van der Waals surface area contributed by atoms with Gasteiger partial charge >= 0.3 is 0 Å². The highest BCUT2D eigenvalue weighted by atomic mass is 19.1. The molecule has 0 aliphatic rings. The van der Waals surface area contributed by atoms with Crippen molar-refractivity contribution in [2.45, 2.75) is 32.5 Å². The lowest BCUT2D eigenvalue weighted by Gasteiger charge is -2.18. The van der Waals surface area contributed by atoms with Crippen molar-refractivity contribution < 1.29 is 18.6 Å². The Labute approximate surface area is 123 Å². The van der Waals surface area contributed by atoms with Crippen LogP contribution in [0.1, 0.15) is 31.1 Å². The molecule has 0 bridgehead atoms. The van der Waals surface area contributed by atoms with Gasteiger partial charge in [0.05, 0.1) is 12.2 Å². The summed E-state index contributed by atoms with van der Waals surface area (Å²) in [6.07, 6.45) is -0.793. The molecule has 1 atom stereocenters. The monoisotopic (exact) mass is 292 g/mol. The summed E-state index contributed by atoms with van der Waals surface area (Å²) in [6, 6.07) is 10.4. The molecule has 0 spiro atoms. The highest BCUT2D eigenvalue weighted by molar-refractivity contribution is 5.36. The molecule has 1 N–H and O–H groups in total. The summed E-state index contributed by atoms with van der Waals surface area (Å²) in [5, 5.41) is 10.3. The molecule has 0 aliphatic carbocycles. The zero-order chi connectivity index (χ0) is 15.4. The van der Waals surface area contributed by atoms with E-state index in [2.05, 4.69) is 0 Å². The van der Waals surface area contributed by atoms with E-state index in [1.807, 2.05) is 19.9 Å². The molecule has 0 saturated carbocycles. The fourth-order valence-electron chi connectivity index (χ4n) is 2.18. The second kappa shape index (κ2) is 6.68. The molecule has 0 aromatic heterocycles. The molecular weight excluding hydrogens is 274 g/mol. The number of rotatable bonds is 5. The van der Waals surface area contributed by atoms with Gasteiger partial charge in [-0.1, -0.05) is 18.2 Å². The first-order valence-electron chi connectivity index (χ1n) is 6.84. The smallest absolute Gasteiger partial charge is 0.126 e. The largest absolute Gasteiger partial charge is 0.491 e. The van der Waals surface area contributed by atoms with E-state index >= 15 is 0 Å². The number of halogens is 2. The molecule has 112 valence electrons. The number of ether oxygens (including phenoxy) is 1. The van der Waals surface area contributed by atoms with Crippen LogP contribution in [0, 0.1) is 11.6 Å². The van der Waals surface area contributed by atoms with Crippen LogP contribution < -0.4 is 4.74 Å². The maximum absolute atomic E-state index is 13.2. The molecule has 0 fully saturated rings. The normalized spacial score (nSPS) is 12.5. The summed E-state index contributed by atoms with van der Waals surface area (Å²) in [5.74, 6) is -0.718. The average molecular weight is 292 g/mol. The number of hydrogen-bond acceptors (Lipinski definition) is 2. The van der Waals surface area contributed by atoms with Crippen molar-refractivity contribution in [3.63, 3.8) is 0 Å². The van der Waals surface area contributed by atoms with Crippen molar-refractivity contribution in [3.8, 4) is 5.75 Å². The zero-order valence-electron chi connectivity index (χ0n) is 12.0. The minimum absolute atomic E-state index is 0.0232. The van der Waals surface area contributed by atoms with Gasteiger partial charge in [-0.15, -0.1) is 0 Å². The molecule has 0 saturated heterocycles. The fraction of sp³-hybridized carbons (Fsp3) is 0.294. The van der Waals surface area contributed by atoms with Crippen molar-refractivity contribution in [2.24, 2.45) is 0 Å². The lowest BCUT2D eigenvalue weighted by Crippen LogP contribution is -2.10. The Bertz CT molecular complexity index is 591. The average Bonchev–Trinajstić information content (AvgIpc) is 2.37. The van der Waals surface area contributed by atoms with Crippen LogP contribution in [-0.2, 0) is 6.42 Å². The van der Waals surface area contributed by atoms with E-state index in [-0.39, 0.29) is 12.5 Å². The van der Waals surface area contributed by atoms with Crippen LogP contribution in [-0.4, -0.2) is 11.2 Å². The number of aliphatic hydroxyl groups is 1. The van der Waals surface area contributed by atoms with Crippen molar-refractivity contribution in [2.75, 3.05) is 0 Å². The lowest BCUT2D eigenvalue weighted by atomic mass is 10.0. The van der Waals surface area contributed by atoms with Crippen LogP contribution in [0.25, 0.3) is 0 Å². The first kappa shape index (κ1) is 15.4. The highest BCUT2D eigenvalue weighted by Crippen LogP contribution is 2.28. The van der Waals surface area contributed by atoms with Crippen LogP contribution in [0.15, 0.2) is 42.5 Å². The molecule has 0 amide bonds. The van der Waals surface area contributed by atoms with Gasteiger partial charge in [0, 0.05) is 18.1 Å².